The molecular weight excluding hydrogens is 283 g/mol. The minimum absolute atomic E-state index is 0. The van der Waals surface area contributed by atoms with Crippen LogP contribution < -0.4 is 11.1 Å². The number of halogens is 2. The van der Waals surface area contributed by atoms with Gasteiger partial charge in [0, 0.05) is 17.1 Å². The second-order valence-electron chi connectivity index (χ2n) is 4.60. The van der Waals surface area contributed by atoms with Crippen LogP contribution in [0.3, 0.4) is 0 Å². The highest BCUT2D eigenvalue weighted by atomic mass is 35.5. The van der Waals surface area contributed by atoms with Crippen molar-refractivity contribution in [3.63, 3.8) is 0 Å². The molecule has 0 bridgehead atoms. The molecule has 3 N–H and O–H groups in total. The molecule has 0 unspecified atom stereocenters. The Morgan fingerprint density at radius 3 is 2.37 bits per heavy atom. The number of nitrogens with two attached hydrogens (primary N) is 1. The zero-order valence-corrected chi connectivity index (χ0v) is 13.2. The molecule has 0 aliphatic carbocycles. The fraction of sp³-hybridized carbons (Fsp3) is 0.500. The van der Waals surface area contributed by atoms with Crippen LogP contribution in [0.25, 0.3) is 0 Å². The van der Waals surface area contributed by atoms with Crippen molar-refractivity contribution < 1.29 is 4.79 Å². The molecule has 0 saturated heterocycles. The third-order valence-corrected chi connectivity index (χ3v) is 3.79. The summed E-state index contributed by atoms with van der Waals surface area (Å²) in [4.78, 5) is 12.3. The van der Waals surface area contributed by atoms with E-state index >= 15 is 0 Å². The predicted molar refractivity (Wildman–Crippen MR) is 83.3 cm³/mol. The highest BCUT2D eigenvalue weighted by Gasteiger charge is 2.27. The molecule has 19 heavy (non-hydrogen) atoms. The normalized spacial score (nSPS) is 10.8. The molecule has 108 valence electrons. The predicted octanol–water partition coefficient (Wildman–Crippen LogP) is 3.32. The third kappa shape index (κ3) is 4.37. The van der Waals surface area contributed by atoms with Gasteiger partial charge in [-0.1, -0.05) is 25.4 Å². The number of amides is 1. The van der Waals surface area contributed by atoms with E-state index in [9.17, 15) is 4.79 Å². The van der Waals surface area contributed by atoms with Gasteiger partial charge in [0.05, 0.1) is 5.54 Å². The van der Waals surface area contributed by atoms with E-state index in [0.717, 1.165) is 18.4 Å². The second-order valence-corrected chi connectivity index (χ2v) is 5.04. The molecule has 0 aliphatic heterocycles. The summed E-state index contributed by atoms with van der Waals surface area (Å²) in [7, 11) is 0. The maximum Gasteiger partial charge on any atom is 0.252 e. The summed E-state index contributed by atoms with van der Waals surface area (Å²) in [6, 6.07) is 5.27. The van der Waals surface area contributed by atoms with Crippen molar-refractivity contribution in [2.24, 2.45) is 5.73 Å². The van der Waals surface area contributed by atoms with E-state index in [0.29, 0.717) is 17.1 Å². The fourth-order valence-electron chi connectivity index (χ4n) is 1.96. The maximum absolute atomic E-state index is 12.3. The van der Waals surface area contributed by atoms with Gasteiger partial charge in [0.1, 0.15) is 0 Å². The summed E-state index contributed by atoms with van der Waals surface area (Å²) in [5, 5.41) is 3.69. The van der Waals surface area contributed by atoms with Crippen molar-refractivity contribution in [2.45, 2.75) is 39.2 Å². The van der Waals surface area contributed by atoms with E-state index in [4.69, 9.17) is 17.3 Å². The van der Waals surface area contributed by atoms with Crippen LogP contribution in [0.2, 0.25) is 5.02 Å². The minimum atomic E-state index is -0.316. The Kier molecular flexibility index (Phi) is 7.42. The highest BCUT2D eigenvalue weighted by molar-refractivity contribution is 6.30. The number of nitrogens with one attached hydrogen (secondary N) is 1. The van der Waals surface area contributed by atoms with Gasteiger partial charge in [-0.2, -0.15) is 0 Å². The van der Waals surface area contributed by atoms with Crippen LogP contribution in [0.4, 0.5) is 0 Å². The highest BCUT2D eigenvalue weighted by Crippen LogP contribution is 2.18. The van der Waals surface area contributed by atoms with Crippen molar-refractivity contribution >= 4 is 29.9 Å². The molecule has 0 aromatic heterocycles. The quantitative estimate of drug-likeness (QED) is 0.877. The van der Waals surface area contributed by atoms with Crippen molar-refractivity contribution in [3.8, 4) is 0 Å². The summed E-state index contributed by atoms with van der Waals surface area (Å²) in [5.41, 5.74) is 6.99. The van der Waals surface area contributed by atoms with E-state index in [1.54, 1.807) is 18.2 Å². The number of carbonyl (C=O) groups excluding carboxylic acids is 1. The average Bonchev–Trinajstić information content (AvgIpc) is 2.36. The van der Waals surface area contributed by atoms with Crippen molar-refractivity contribution in [1.82, 2.24) is 5.32 Å². The first-order valence-corrected chi connectivity index (χ1v) is 6.64. The molecule has 1 aromatic rings. The zero-order valence-electron chi connectivity index (χ0n) is 11.6. The Hall–Kier alpha value is -0.770. The van der Waals surface area contributed by atoms with Crippen LogP contribution in [0.5, 0.6) is 0 Å². The number of carbonyl (C=O) groups is 1. The van der Waals surface area contributed by atoms with Gasteiger partial charge in [-0.05, 0) is 43.5 Å². The lowest BCUT2D eigenvalue weighted by Gasteiger charge is -2.31. The molecule has 0 aliphatic rings. The molecule has 1 aromatic carbocycles. The Balaban J connectivity index is 0.00000324. The second kappa shape index (κ2) is 7.73. The molecule has 5 heteroatoms. The number of hydrogen-bond acceptors (Lipinski definition) is 2. The number of benzene rings is 1. The van der Waals surface area contributed by atoms with E-state index in [2.05, 4.69) is 5.32 Å². The minimum Gasteiger partial charge on any atom is -0.345 e. The van der Waals surface area contributed by atoms with Crippen LogP contribution in [0.1, 0.15) is 42.6 Å². The Morgan fingerprint density at radius 1 is 1.37 bits per heavy atom. The molecule has 1 amide bonds. The van der Waals surface area contributed by atoms with Crippen LogP contribution in [0, 0.1) is 6.92 Å². The third-order valence-electron chi connectivity index (χ3n) is 3.56. The molecular formula is C14H22Cl2N2O. The number of rotatable bonds is 5. The lowest BCUT2D eigenvalue weighted by Crippen LogP contribution is -2.53. The molecule has 0 spiro atoms. The van der Waals surface area contributed by atoms with Gasteiger partial charge in [-0.25, -0.2) is 0 Å². The van der Waals surface area contributed by atoms with Gasteiger partial charge in [0.2, 0.25) is 0 Å². The molecule has 3 nitrogen and oxygen atoms in total. The van der Waals surface area contributed by atoms with E-state index in [-0.39, 0.29) is 23.9 Å². The van der Waals surface area contributed by atoms with Gasteiger partial charge in [0.25, 0.3) is 5.91 Å². The van der Waals surface area contributed by atoms with E-state index in [1.807, 2.05) is 20.8 Å². The Labute approximate surface area is 126 Å². The summed E-state index contributed by atoms with van der Waals surface area (Å²) in [5.74, 6) is -0.0849. The van der Waals surface area contributed by atoms with Crippen LogP contribution in [-0.4, -0.2) is 18.0 Å². The molecule has 0 radical (unpaired) electrons. The average molecular weight is 305 g/mol. The SMILES string of the molecule is CCC(CC)(CN)NC(=O)c1ccc(Cl)cc1C.Cl. The lowest BCUT2D eigenvalue weighted by atomic mass is 9.92. The van der Waals surface area contributed by atoms with Gasteiger partial charge >= 0.3 is 0 Å². The first kappa shape index (κ1) is 18.2. The standard InChI is InChI=1S/C14H21ClN2O.ClH/c1-4-14(5-2,9-16)17-13(18)12-7-6-11(15)8-10(12)3;/h6-8H,4-5,9,16H2,1-3H3,(H,17,18);1H. The van der Waals surface area contributed by atoms with Crippen LogP contribution >= 0.6 is 24.0 Å². The van der Waals surface area contributed by atoms with Crippen LogP contribution in [-0.2, 0) is 0 Å². The topological polar surface area (TPSA) is 55.1 Å². The summed E-state index contributed by atoms with van der Waals surface area (Å²) in [6.07, 6.45) is 1.64. The van der Waals surface area contributed by atoms with E-state index < -0.39 is 0 Å². The Bertz CT molecular complexity index is 423. The summed E-state index contributed by atoms with van der Waals surface area (Å²) >= 11 is 5.88. The van der Waals surface area contributed by atoms with Gasteiger partial charge in [-0.3, -0.25) is 4.79 Å². The maximum atomic E-state index is 12.3. The molecule has 0 saturated carbocycles. The number of aryl methyl sites for hydroxylation is 1. The van der Waals surface area contributed by atoms with Crippen molar-refractivity contribution in [2.75, 3.05) is 6.54 Å². The van der Waals surface area contributed by atoms with Crippen LogP contribution in [0.15, 0.2) is 18.2 Å². The molecule has 0 atom stereocenters. The van der Waals surface area contributed by atoms with Gasteiger partial charge in [0.15, 0.2) is 0 Å². The number of hydrogen-bond donors (Lipinski definition) is 2. The zero-order chi connectivity index (χ0) is 13.8. The molecule has 0 fully saturated rings. The van der Waals surface area contributed by atoms with Crippen molar-refractivity contribution in [3.05, 3.63) is 34.3 Å². The van der Waals surface area contributed by atoms with Crippen molar-refractivity contribution in [1.29, 1.82) is 0 Å². The Morgan fingerprint density at radius 2 is 1.95 bits per heavy atom. The summed E-state index contributed by atoms with van der Waals surface area (Å²) < 4.78 is 0. The smallest absolute Gasteiger partial charge is 0.252 e. The molecule has 1 rings (SSSR count). The van der Waals surface area contributed by atoms with Gasteiger partial charge in [-0.15, -0.1) is 12.4 Å². The first-order chi connectivity index (χ1) is 8.48. The lowest BCUT2D eigenvalue weighted by molar-refractivity contribution is 0.0894. The van der Waals surface area contributed by atoms with E-state index in [1.165, 1.54) is 0 Å². The monoisotopic (exact) mass is 304 g/mol. The summed E-state index contributed by atoms with van der Waals surface area (Å²) in [6.45, 7) is 6.39. The fourth-order valence-corrected chi connectivity index (χ4v) is 2.18. The largest absolute Gasteiger partial charge is 0.345 e. The molecule has 0 heterocycles. The first-order valence-electron chi connectivity index (χ1n) is 6.26. The van der Waals surface area contributed by atoms with Gasteiger partial charge < -0.3 is 11.1 Å².